The first-order valence-electron chi connectivity index (χ1n) is 5.60. The summed E-state index contributed by atoms with van der Waals surface area (Å²) in [6.45, 7) is 0. The Balaban J connectivity index is 2.46. The van der Waals surface area contributed by atoms with Crippen molar-refractivity contribution >= 4 is 27.1 Å². The molecule has 0 radical (unpaired) electrons. The molecule has 0 fully saturated rings. The van der Waals surface area contributed by atoms with Gasteiger partial charge in [-0.05, 0) is 30.3 Å². The molecule has 0 heterocycles. The molecular weight excluding hydrogens is 276 g/mol. The fraction of sp³-hybridized carbons (Fsp3) is 0. The minimum Gasteiger partial charge on any atom is -0.397 e. The van der Waals surface area contributed by atoms with E-state index in [0.29, 0.717) is 22.6 Å². The van der Waals surface area contributed by atoms with Crippen molar-refractivity contribution in [2.75, 3.05) is 11.1 Å². The summed E-state index contributed by atoms with van der Waals surface area (Å²) in [6, 6.07) is 13.0. The van der Waals surface area contributed by atoms with E-state index in [9.17, 15) is 8.42 Å². The van der Waals surface area contributed by atoms with Crippen LogP contribution in [0, 0.1) is 11.3 Å². The number of hydrogen-bond donors (Lipinski definition) is 3. The first kappa shape index (κ1) is 13.9. The molecule has 0 saturated heterocycles. The zero-order valence-corrected chi connectivity index (χ0v) is 11.2. The number of nitrogens with one attached hydrogen (secondary N) is 1. The Kier molecular flexibility index (Phi) is 3.61. The SMILES string of the molecule is N#Cc1ccccc1Nc1cc(S(N)(=O)=O)ccc1N. The van der Waals surface area contributed by atoms with E-state index < -0.39 is 10.0 Å². The summed E-state index contributed by atoms with van der Waals surface area (Å²) < 4.78 is 22.7. The van der Waals surface area contributed by atoms with E-state index in [0.717, 1.165) is 0 Å². The third kappa shape index (κ3) is 2.88. The van der Waals surface area contributed by atoms with Crippen LogP contribution in [0.3, 0.4) is 0 Å². The summed E-state index contributed by atoms with van der Waals surface area (Å²) in [5, 5.41) is 17.0. The van der Waals surface area contributed by atoms with Gasteiger partial charge >= 0.3 is 0 Å². The molecule has 0 amide bonds. The van der Waals surface area contributed by atoms with E-state index in [1.54, 1.807) is 24.3 Å². The minimum absolute atomic E-state index is 0.0522. The van der Waals surface area contributed by atoms with Crippen LogP contribution in [0.4, 0.5) is 17.1 Å². The Labute approximate surface area is 116 Å². The van der Waals surface area contributed by atoms with E-state index in [1.807, 2.05) is 6.07 Å². The predicted molar refractivity (Wildman–Crippen MR) is 76.7 cm³/mol. The number of anilines is 3. The number of primary sulfonamides is 1. The number of nitriles is 1. The Bertz CT molecular complexity index is 794. The Morgan fingerprint density at radius 1 is 1.10 bits per heavy atom. The first-order valence-corrected chi connectivity index (χ1v) is 7.15. The lowest BCUT2D eigenvalue weighted by molar-refractivity contribution is 0.598. The quantitative estimate of drug-likeness (QED) is 0.739. The summed E-state index contributed by atoms with van der Waals surface area (Å²) in [6.07, 6.45) is 0. The van der Waals surface area contributed by atoms with Crippen LogP contribution in [-0.4, -0.2) is 8.42 Å². The number of sulfonamides is 1. The molecule has 2 rings (SSSR count). The standard InChI is InChI=1S/C13H12N4O2S/c14-8-9-3-1-2-4-12(9)17-13-7-10(20(16,18)19)5-6-11(13)15/h1-7,17H,15H2,(H2,16,18,19). The topological polar surface area (TPSA) is 122 Å². The number of nitrogens with two attached hydrogens (primary N) is 2. The summed E-state index contributed by atoms with van der Waals surface area (Å²) in [7, 11) is -3.81. The number of benzene rings is 2. The van der Waals surface area contributed by atoms with Gasteiger partial charge in [0.25, 0.3) is 0 Å². The van der Waals surface area contributed by atoms with Crippen molar-refractivity contribution in [2.45, 2.75) is 4.90 Å². The normalized spacial score (nSPS) is 10.8. The first-order chi connectivity index (χ1) is 9.41. The molecule has 0 atom stereocenters. The highest BCUT2D eigenvalue weighted by Gasteiger charge is 2.11. The lowest BCUT2D eigenvalue weighted by Crippen LogP contribution is -2.12. The van der Waals surface area contributed by atoms with Gasteiger partial charge in [-0.1, -0.05) is 12.1 Å². The fourth-order valence-corrected chi connectivity index (χ4v) is 2.20. The van der Waals surface area contributed by atoms with Crippen molar-refractivity contribution in [1.82, 2.24) is 0 Å². The molecule has 0 saturated carbocycles. The van der Waals surface area contributed by atoms with E-state index in [1.165, 1.54) is 18.2 Å². The second-order valence-electron chi connectivity index (χ2n) is 4.08. The molecule has 7 heteroatoms. The molecule has 0 bridgehead atoms. The Morgan fingerprint density at radius 3 is 2.45 bits per heavy atom. The van der Waals surface area contributed by atoms with Gasteiger partial charge in [0.1, 0.15) is 6.07 Å². The number of nitrogens with zero attached hydrogens (tertiary/aromatic N) is 1. The summed E-state index contributed by atoms with van der Waals surface area (Å²) in [4.78, 5) is -0.0522. The van der Waals surface area contributed by atoms with Crippen LogP contribution in [0.2, 0.25) is 0 Å². The molecule has 6 nitrogen and oxygen atoms in total. The third-order valence-electron chi connectivity index (χ3n) is 2.67. The molecule has 2 aromatic carbocycles. The van der Waals surface area contributed by atoms with Crippen LogP contribution in [0.1, 0.15) is 5.56 Å². The molecule has 2 aromatic rings. The molecule has 0 aliphatic heterocycles. The predicted octanol–water partition coefficient (Wildman–Crippen LogP) is 1.53. The highest BCUT2D eigenvalue weighted by atomic mass is 32.2. The van der Waals surface area contributed by atoms with Gasteiger partial charge in [0.15, 0.2) is 0 Å². The minimum atomic E-state index is -3.81. The van der Waals surface area contributed by atoms with Crippen LogP contribution >= 0.6 is 0 Å². The number of nitrogen functional groups attached to an aromatic ring is 1. The van der Waals surface area contributed by atoms with Crippen molar-refractivity contribution < 1.29 is 8.42 Å². The van der Waals surface area contributed by atoms with Crippen LogP contribution in [0.5, 0.6) is 0 Å². The third-order valence-corrected chi connectivity index (χ3v) is 3.58. The molecule has 0 aromatic heterocycles. The largest absolute Gasteiger partial charge is 0.397 e. The summed E-state index contributed by atoms with van der Waals surface area (Å²) >= 11 is 0. The molecule has 0 aliphatic rings. The summed E-state index contributed by atoms with van der Waals surface area (Å²) in [5.41, 5.74) is 7.48. The highest BCUT2D eigenvalue weighted by Crippen LogP contribution is 2.27. The van der Waals surface area contributed by atoms with Gasteiger partial charge in [-0.2, -0.15) is 5.26 Å². The zero-order chi connectivity index (χ0) is 14.8. The van der Waals surface area contributed by atoms with Gasteiger partial charge in [0.05, 0.1) is 27.5 Å². The lowest BCUT2D eigenvalue weighted by Gasteiger charge is -2.11. The van der Waals surface area contributed by atoms with Gasteiger partial charge < -0.3 is 11.1 Å². The lowest BCUT2D eigenvalue weighted by atomic mass is 10.2. The van der Waals surface area contributed by atoms with Crippen LogP contribution < -0.4 is 16.2 Å². The maximum absolute atomic E-state index is 11.3. The second kappa shape index (κ2) is 5.21. The smallest absolute Gasteiger partial charge is 0.238 e. The molecule has 0 unspecified atom stereocenters. The van der Waals surface area contributed by atoms with E-state index in [4.69, 9.17) is 16.1 Å². The van der Waals surface area contributed by atoms with Gasteiger partial charge in [-0.3, -0.25) is 0 Å². The van der Waals surface area contributed by atoms with E-state index >= 15 is 0 Å². The average molecular weight is 288 g/mol. The maximum Gasteiger partial charge on any atom is 0.238 e. The van der Waals surface area contributed by atoms with Gasteiger partial charge in [-0.15, -0.1) is 0 Å². The zero-order valence-electron chi connectivity index (χ0n) is 10.4. The van der Waals surface area contributed by atoms with Crippen molar-refractivity contribution in [3.05, 3.63) is 48.0 Å². The molecular formula is C13H12N4O2S. The van der Waals surface area contributed by atoms with Crippen molar-refractivity contribution in [2.24, 2.45) is 5.14 Å². The van der Waals surface area contributed by atoms with E-state index in [2.05, 4.69) is 5.32 Å². The highest BCUT2D eigenvalue weighted by molar-refractivity contribution is 7.89. The molecule has 20 heavy (non-hydrogen) atoms. The average Bonchev–Trinajstić information content (AvgIpc) is 2.40. The molecule has 102 valence electrons. The van der Waals surface area contributed by atoms with Gasteiger partial charge in [-0.25, -0.2) is 13.6 Å². The molecule has 0 aliphatic carbocycles. The van der Waals surface area contributed by atoms with Crippen LogP contribution in [-0.2, 0) is 10.0 Å². The van der Waals surface area contributed by atoms with Crippen molar-refractivity contribution in [1.29, 1.82) is 5.26 Å². The Morgan fingerprint density at radius 2 is 1.80 bits per heavy atom. The molecule has 5 N–H and O–H groups in total. The molecule has 0 spiro atoms. The number of para-hydroxylation sites is 1. The maximum atomic E-state index is 11.3. The fourth-order valence-electron chi connectivity index (χ4n) is 1.66. The van der Waals surface area contributed by atoms with Gasteiger partial charge in [0.2, 0.25) is 10.0 Å². The second-order valence-corrected chi connectivity index (χ2v) is 5.64. The summed E-state index contributed by atoms with van der Waals surface area (Å²) in [5.74, 6) is 0. The monoisotopic (exact) mass is 288 g/mol. The van der Waals surface area contributed by atoms with Crippen LogP contribution in [0.25, 0.3) is 0 Å². The Hall–Kier alpha value is -2.56. The van der Waals surface area contributed by atoms with Crippen LogP contribution in [0.15, 0.2) is 47.4 Å². The van der Waals surface area contributed by atoms with Crippen molar-refractivity contribution in [3.8, 4) is 6.07 Å². The van der Waals surface area contributed by atoms with Gasteiger partial charge in [0, 0.05) is 0 Å². The van der Waals surface area contributed by atoms with Crippen molar-refractivity contribution in [3.63, 3.8) is 0 Å². The van der Waals surface area contributed by atoms with E-state index in [-0.39, 0.29) is 4.90 Å². The number of hydrogen-bond acceptors (Lipinski definition) is 5. The number of rotatable bonds is 3.